The van der Waals surface area contributed by atoms with E-state index in [0.717, 1.165) is 47.3 Å². The SMILES string of the molecule is CC1=C(c2cccc(O)c2)C(c2ccc(OCC(=O)N3CC[C@@H](C)C3)cc2)Oc2ccc(O)cc21. The van der Waals surface area contributed by atoms with Crippen LogP contribution in [0.4, 0.5) is 0 Å². The Kier molecular flexibility index (Phi) is 6.12. The molecule has 2 aliphatic heterocycles. The van der Waals surface area contributed by atoms with Crippen LogP contribution in [0.2, 0.25) is 0 Å². The minimum absolute atomic E-state index is 0.0126. The van der Waals surface area contributed by atoms with E-state index in [-0.39, 0.29) is 24.0 Å². The first kappa shape index (κ1) is 22.8. The van der Waals surface area contributed by atoms with Gasteiger partial charge in [-0.3, -0.25) is 4.79 Å². The number of aromatic hydroxyl groups is 2. The Bertz CT molecular complexity index is 1280. The van der Waals surface area contributed by atoms with Crippen LogP contribution in [-0.4, -0.2) is 40.7 Å². The molecule has 0 aromatic heterocycles. The predicted molar refractivity (Wildman–Crippen MR) is 134 cm³/mol. The molecule has 1 saturated heterocycles. The van der Waals surface area contributed by atoms with E-state index >= 15 is 0 Å². The van der Waals surface area contributed by atoms with Crippen LogP contribution in [0, 0.1) is 5.92 Å². The van der Waals surface area contributed by atoms with Gasteiger partial charge in [0.1, 0.15) is 29.1 Å². The summed E-state index contributed by atoms with van der Waals surface area (Å²) in [5.41, 5.74) is 4.43. The highest BCUT2D eigenvalue weighted by molar-refractivity contribution is 5.95. The average Bonchev–Trinajstić information content (AvgIpc) is 3.29. The predicted octanol–water partition coefficient (Wildman–Crippen LogP) is 5.41. The number of benzene rings is 3. The van der Waals surface area contributed by atoms with Gasteiger partial charge < -0.3 is 24.6 Å². The molecule has 2 heterocycles. The standard InChI is InChI=1S/C29H29NO5/c1-18-12-13-30(16-18)27(33)17-34-24-9-6-20(7-10-24)29-28(21-4-3-5-22(31)14-21)19(2)25-15-23(32)8-11-26(25)35-29/h3-11,14-15,18,29,31-32H,12-13,16-17H2,1-2H3/t18-,29?/m1/s1. The van der Waals surface area contributed by atoms with Gasteiger partial charge in [-0.05, 0) is 78.4 Å². The minimum atomic E-state index is -0.421. The summed E-state index contributed by atoms with van der Waals surface area (Å²) in [5.74, 6) is 2.19. The lowest BCUT2D eigenvalue weighted by Gasteiger charge is -2.31. The second-order valence-electron chi connectivity index (χ2n) is 9.36. The van der Waals surface area contributed by atoms with Crippen molar-refractivity contribution in [1.29, 1.82) is 0 Å². The molecule has 2 N–H and O–H groups in total. The number of hydrogen-bond donors (Lipinski definition) is 2. The molecule has 0 aliphatic carbocycles. The smallest absolute Gasteiger partial charge is 0.260 e. The Hall–Kier alpha value is -3.93. The third kappa shape index (κ3) is 4.69. The number of phenols is 2. The lowest BCUT2D eigenvalue weighted by atomic mass is 9.86. The summed E-state index contributed by atoms with van der Waals surface area (Å²) >= 11 is 0. The van der Waals surface area contributed by atoms with Gasteiger partial charge in [-0.15, -0.1) is 0 Å². The maximum absolute atomic E-state index is 12.4. The zero-order valence-electron chi connectivity index (χ0n) is 19.9. The molecule has 0 spiro atoms. The van der Waals surface area contributed by atoms with E-state index in [9.17, 15) is 15.0 Å². The molecule has 0 radical (unpaired) electrons. The maximum Gasteiger partial charge on any atom is 0.260 e. The number of carbonyl (C=O) groups is 1. The number of hydrogen-bond acceptors (Lipinski definition) is 5. The summed E-state index contributed by atoms with van der Waals surface area (Å²) in [7, 11) is 0. The topological polar surface area (TPSA) is 79.2 Å². The summed E-state index contributed by atoms with van der Waals surface area (Å²) in [6.07, 6.45) is 0.620. The fourth-order valence-corrected chi connectivity index (χ4v) is 4.85. The van der Waals surface area contributed by atoms with Crippen molar-refractivity contribution in [3.05, 3.63) is 83.4 Å². The number of allylic oxidation sites excluding steroid dienone is 1. The Morgan fingerprint density at radius 1 is 1.06 bits per heavy atom. The molecule has 2 aliphatic rings. The third-order valence-corrected chi connectivity index (χ3v) is 6.76. The number of likely N-dealkylation sites (tertiary alicyclic amines) is 1. The van der Waals surface area contributed by atoms with Crippen LogP contribution in [0.1, 0.15) is 43.1 Å². The van der Waals surface area contributed by atoms with Gasteiger partial charge in [-0.25, -0.2) is 0 Å². The number of nitrogens with zero attached hydrogens (tertiary/aromatic N) is 1. The second-order valence-corrected chi connectivity index (χ2v) is 9.36. The molecule has 0 saturated carbocycles. The largest absolute Gasteiger partial charge is 0.508 e. The van der Waals surface area contributed by atoms with E-state index in [2.05, 4.69) is 6.92 Å². The van der Waals surface area contributed by atoms with Crippen LogP contribution in [0.5, 0.6) is 23.0 Å². The Balaban J connectivity index is 1.41. The highest BCUT2D eigenvalue weighted by atomic mass is 16.5. The van der Waals surface area contributed by atoms with Gasteiger partial charge in [0.15, 0.2) is 6.61 Å². The van der Waals surface area contributed by atoms with Gasteiger partial charge in [0.2, 0.25) is 0 Å². The van der Waals surface area contributed by atoms with Crippen molar-refractivity contribution in [3.63, 3.8) is 0 Å². The van der Waals surface area contributed by atoms with Gasteiger partial charge in [-0.2, -0.15) is 0 Å². The Labute approximate surface area is 205 Å². The van der Waals surface area contributed by atoms with Gasteiger partial charge in [0, 0.05) is 24.2 Å². The van der Waals surface area contributed by atoms with E-state index in [4.69, 9.17) is 9.47 Å². The van der Waals surface area contributed by atoms with E-state index in [1.165, 1.54) is 0 Å². The molecule has 5 rings (SSSR count). The summed E-state index contributed by atoms with van der Waals surface area (Å²) in [4.78, 5) is 14.3. The molecule has 6 heteroatoms. The molecular formula is C29H29NO5. The van der Waals surface area contributed by atoms with Crippen LogP contribution < -0.4 is 9.47 Å². The zero-order chi connectivity index (χ0) is 24.5. The Morgan fingerprint density at radius 2 is 1.83 bits per heavy atom. The quantitative estimate of drug-likeness (QED) is 0.520. The second kappa shape index (κ2) is 9.37. The van der Waals surface area contributed by atoms with Gasteiger partial charge in [0.25, 0.3) is 5.91 Å². The number of carbonyl (C=O) groups excluding carboxylic acids is 1. The van der Waals surface area contributed by atoms with Crippen molar-refractivity contribution in [2.24, 2.45) is 5.92 Å². The lowest BCUT2D eigenvalue weighted by molar-refractivity contribution is -0.132. The van der Waals surface area contributed by atoms with Crippen LogP contribution in [0.3, 0.4) is 0 Å². The van der Waals surface area contributed by atoms with Gasteiger partial charge in [-0.1, -0.05) is 31.2 Å². The molecule has 180 valence electrons. The van der Waals surface area contributed by atoms with Crippen molar-refractivity contribution in [1.82, 2.24) is 4.90 Å². The summed E-state index contributed by atoms with van der Waals surface area (Å²) in [6.45, 7) is 5.77. The molecule has 1 amide bonds. The first-order valence-electron chi connectivity index (χ1n) is 11.9. The molecule has 1 unspecified atom stereocenters. The number of phenolic OH excluding ortho intramolecular Hbond substituents is 2. The molecule has 6 nitrogen and oxygen atoms in total. The lowest BCUT2D eigenvalue weighted by Crippen LogP contribution is -2.32. The zero-order valence-corrected chi connectivity index (χ0v) is 19.9. The van der Waals surface area contributed by atoms with Crippen LogP contribution in [0.25, 0.3) is 11.1 Å². The molecule has 3 aromatic rings. The normalized spacial score (nSPS) is 19.3. The van der Waals surface area contributed by atoms with E-state index in [1.807, 2.05) is 42.2 Å². The number of amides is 1. The molecule has 35 heavy (non-hydrogen) atoms. The first-order valence-corrected chi connectivity index (χ1v) is 11.9. The van der Waals surface area contributed by atoms with Crippen molar-refractivity contribution in [2.45, 2.75) is 26.4 Å². The molecular weight excluding hydrogens is 442 g/mol. The van der Waals surface area contributed by atoms with Crippen LogP contribution in [0.15, 0.2) is 66.7 Å². The van der Waals surface area contributed by atoms with Crippen molar-refractivity contribution < 1.29 is 24.5 Å². The highest BCUT2D eigenvalue weighted by Gasteiger charge is 2.30. The first-order chi connectivity index (χ1) is 16.9. The number of ether oxygens (including phenoxy) is 2. The molecule has 2 atom stereocenters. The maximum atomic E-state index is 12.4. The summed E-state index contributed by atoms with van der Waals surface area (Å²) in [6, 6.07) is 19.7. The van der Waals surface area contributed by atoms with E-state index in [0.29, 0.717) is 17.4 Å². The molecule has 0 bridgehead atoms. The fraction of sp³-hybridized carbons (Fsp3) is 0.276. The van der Waals surface area contributed by atoms with Gasteiger partial charge >= 0.3 is 0 Å². The Morgan fingerprint density at radius 3 is 2.54 bits per heavy atom. The van der Waals surface area contributed by atoms with Crippen LogP contribution in [-0.2, 0) is 4.79 Å². The summed E-state index contributed by atoms with van der Waals surface area (Å²) in [5, 5.41) is 20.1. The monoisotopic (exact) mass is 471 g/mol. The summed E-state index contributed by atoms with van der Waals surface area (Å²) < 4.78 is 12.2. The number of fused-ring (bicyclic) bond motifs is 1. The van der Waals surface area contributed by atoms with E-state index in [1.54, 1.807) is 36.4 Å². The van der Waals surface area contributed by atoms with Crippen molar-refractivity contribution in [2.75, 3.05) is 19.7 Å². The molecule has 3 aromatic carbocycles. The van der Waals surface area contributed by atoms with Crippen molar-refractivity contribution >= 4 is 17.1 Å². The highest BCUT2D eigenvalue weighted by Crippen LogP contribution is 2.47. The van der Waals surface area contributed by atoms with E-state index < -0.39 is 6.10 Å². The fourth-order valence-electron chi connectivity index (χ4n) is 4.85. The third-order valence-electron chi connectivity index (χ3n) is 6.76. The van der Waals surface area contributed by atoms with Crippen LogP contribution >= 0.6 is 0 Å². The minimum Gasteiger partial charge on any atom is -0.508 e. The molecule has 1 fully saturated rings. The van der Waals surface area contributed by atoms with Crippen molar-refractivity contribution in [3.8, 4) is 23.0 Å². The average molecular weight is 472 g/mol. The number of rotatable bonds is 5. The van der Waals surface area contributed by atoms with Gasteiger partial charge in [0.05, 0.1) is 0 Å².